The molecule has 4 nitrogen and oxygen atoms in total. The maximum absolute atomic E-state index is 13.5. The second kappa shape index (κ2) is 7.40. The van der Waals surface area contributed by atoms with Crippen molar-refractivity contribution in [3.63, 3.8) is 0 Å². The number of aromatic nitrogens is 2. The van der Waals surface area contributed by atoms with E-state index in [1.807, 2.05) is 31.3 Å². The van der Waals surface area contributed by atoms with E-state index in [1.165, 1.54) is 17.3 Å². The molecule has 5 heteroatoms. The van der Waals surface area contributed by atoms with Crippen LogP contribution in [0.25, 0.3) is 5.69 Å². The van der Waals surface area contributed by atoms with Crippen LogP contribution in [0.4, 0.5) is 4.39 Å². The average molecular weight is 350 g/mol. The smallest absolute Gasteiger partial charge is 0.123 e. The fourth-order valence-corrected chi connectivity index (χ4v) is 3.66. The number of nitrogens with one attached hydrogen (secondary N) is 1. The van der Waals surface area contributed by atoms with Gasteiger partial charge >= 0.3 is 0 Å². The van der Waals surface area contributed by atoms with Gasteiger partial charge in [0.15, 0.2) is 0 Å². The van der Waals surface area contributed by atoms with Gasteiger partial charge in [-0.1, -0.05) is 30.3 Å². The number of hydrogen-bond donors (Lipinski definition) is 1. The molecule has 1 aliphatic rings. The van der Waals surface area contributed by atoms with Gasteiger partial charge in [0.25, 0.3) is 0 Å². The highest BCUT2D eigenvalue weighted by atomic mass is 19.1. The Labute approximate surface area is 153 Å². The molecule has 0 saturated heterocycles. The molecule has 26 heavy (non-hydrogen) atoms. The topological polar surface area (TPSA) is 33.1 Å². The van der Waals surface area contributed by atoms with Crippen molar-refractivity contribution in [3.8, 4) is 5.69 Å². The molecule has 0 unspecified atom stereocenters. The summed E-state index contributed by atoms with van der Waals surface area (Å²) < 4.78 is 15.6. The van der Waals surface area contributed by atoms with Crippen molar-refractivity contribution in [2.75, 3.05) is 13.6 Å². The van der Waals surface area contributed by atoms with Crippen molar-refractivity contribution < 1.29 is 4.39 Å². The van der Waals surface area contributed by atoms with Crippen LogP contribution in [-0.4, -0.2) is 28.3 Å². The summed E-state index contributed by atoms with van der Waals surface area (Å²) in [5, 5.41) is 8.10. The SMILES string of the molecule is CNCc1nn(-c2ccccc2)c2c1CN(Cc1cccc(F)c1)CC2. The molecule has 4 rings (SSSR count). The number of para-hydroxylation sites is 1. The summed E-state index contributed by atoms with van der Waals surface area (Å²) >= 11 is 0. The Morgan fingerprint density at radius 3 is 2.73 bits per heavy atom. The predicted molar refractivity (Wildman–Crippen MR) is 101 cm³/mol. The van der Waals surface area contributed by atoms with E-state index < -0.39 is 0 Å². The quantitative estimate of drug-likeness (QED) is 0.767. The third-order valence-corrected chi connectivity index (χ3v) is 4.86. The molecule has 0 radical (unpaired) electrons. The molecule has 1 N–H and O–H groups in total. The fourth-order valence-electron chi connectivity index (χ4n) is 3.66. The van der Waals surface area contributed by atoms with Crippen LogP contribution in [-0.2, 0) is 26.1 Å². The van der Waals surface area contributed by atoms with Gasteiger partial charge in [0.05, 0.1) is 17.1 Å². The van der Waals surface area contributed by atoms with E-state index in [0.29, 0.717) is 0 Å². The van der Waals surface area contributed by atoms with E-state index in [-0.39, 0.29) is 5.82 Å². The minimum Gasteiger partial charge on any atom is -0.314 e. The average Bonchev–Trinajstić information content (AvgIpc) is 3.01. The molecule has 134 valence electrons. The Hall–Kier alpha value is -2.50. The predicted octanol–water partition coefficient (Wildman–Crippen LogP) is 3.29. The molecule has 1 aliphatic heterocycles. The molecular formula is C21H23FN4. The van der Waals surface area contributed by atoms with E-state index in [9.17, 15) is 4.39 Å². The third kappa shape index (κ3) is 3.41. The van der Waals surface area contributed by atoms with Gasteiger partial charge in [-0.25, -0.2) is 9.07 Å². The summed E-state index contributed by atoms with van der Waals surface area (Å²) in [6, 6.07) is 17.2. The van der Waals surface area contributed by atoms with E-state index in [2.05, 4.69) is 27.0 Å². The lowest BCUT2D eigenvalue weighted by molar-refractivity contribution is 0.242. The number of nitrogens with zero attached hydrogens (tertiary/aromatic N) is 3. The zero-order valence-corrected chi connectivity index (χ0v) is 15.0. The van der Waals surface area contributed by atoms with Gasteiger partial charge in [-0.15, -0.1) is 0 Å². The molecule has 0 fully saturated rings. The van der Waals surface area contributed by atoms with Crippen LogP contribution in [0.1, 0.15) is 22.5 Å². The van der Waals surface area contributed by atoms with Crippen LogP contribution in [0, 0.1) is 5.82 Å². The summed E-state index contributed by atoms with van der Waals surface area (Å²) in [6.45, 7) is 3.29. The number of rotatable bonds is 5. The molecule has 0 saturated carbocycles. The highest BCUT2D eigenvalue weighted by molar-refractivity contribution is 5.39. The number of fused-ring (bicyclic) bond motifs is 1. The summed E-state index contributed by atoms with van der Waals surface area (Å²) in [5.41, 5.74) is 5.79. The maximum atomic E-state index is 13.5. The van der Waals surface area contributed by atoms with Crippen molar-refractivity contribution >= 4 is 0 Å². The van der Waals surface area contributed by atoms with Crippen LogP contribution < -0.4 is 5.32 Å². The first kappa shape index (κ1) is 16.9. The molecule has 0 bridgehead atoms. The highest BCUT2D eigenvalue weighted by Crippen LogP contribution is 2.26. The van der Waals surface area contributed by atoms with Crippen molar-refractivity contribution in [3.05, 3.63) is 82.9 Å². The molecule has 3 aromatic rings. The van der Waals surface area contributed by atoms with Gasteiger partial charge in [-0.2, -0.15) is 5.10 Å². The first-order chi connectivity index (χ1) is 12.7. The summed E-state index contributed by atoms with van der Waals surface area (Å²) in [7, 11) is 1.95. The molecule has 0 amide bonds. The Morgan fingerprint density at radius 1 is 1.12 bits per heavy atom. The van der Waals surface area contributed by atoms with E-state index in [0.717, 1.165) is 49.5 Å². The molecule has 2 heterocycles. The largest absolute Gasteiger partial charge is 0.314 e. The molecular weight excluding hydrogens is 327 g/mol. The fraction of sp³-hybridized carbons (Fsp3) is 0.286. The Bertz CT molecular complexity index is 888. The molecule has 0 aliphatic carbocycles. The summed E-state index contributed by atoms with van der Waals surface area (Å²) in [5.74, 6) is -0.173. The van der Waals surface area contributed by atoms with Crippen molar-refractivity contribution in [1.29, 1.82) is 0 Å². The van der Waals surface area contributed by atoms with E-state index >= 15 is 0 Å². The number of benzene rings is 2. The Balaban J connectivity index is 1.62. The first-order valence-corrected chi connectivity index (χ1v) is 9.01. The van der Waals surface area contributed by atoms with E-state index in [1.54, 1.807) is 12.1 Å². The van der Waals surface area contributed by atoms with Gasteiger partial charge < -0.3 is 5.32 Å². The Morgan fingerprint density at radius 2 is 1.96 bits per heavy atom. The molecule has 0 spiro atoms. The summed E-state index contributed by atoms with van der Waals surface area (Å²) in [6.07, 6.45) is 0.941. The molecule has 1 aromatic heterocycles. The van der Waals surface area contributed by atoms with Crippen molar-refractivity contribution in [2.24, 2.45) is 0 Å². The zero-order valence-electron chi connectivity index (χ0n) is 15.0. The van der Waals surface area contributed by atoms with Gasteiger partial charge in [0.1, 0.15) is 5.82 Å². The number of halogens is 1. The highest BCUT2D eigenvalue weighted by Gasteiger charge is 2.25. The third-order valence-electron chi connectivity index (χ3n) is 4.86. The Kier molecular flexibility index (Phi) is 4.82. The van der Waals surface area contributed by atoms with Gasteiger partial charge in [0, 0.05) is 38.2 Å². The van der Waals surface area contributed by atoms with Crippen LogP contribution in [0.5, 0.6) is 0 Å². The van der Waals surface area contributed by atoms with Gasteiger partial charge in [0.2, 0.25) is 0 Å². The van der Waals surface area contributed by atoms with Gasteiger partial charge in [-0.3, -0.25) is 4.90 Å². The monoisotopic (exact) mass is 350 g/mol. The van der Waals surface area contributed by atoms with Crippen LogP contribution in [0.3, 0.4) is 0 Å². The standard InChI is InChI=1S/C21H23FN4/c1-23-13-20-19-15-25(14-16-6-5-7-17(22)12-16)11-10-21(19)26(24-20)18-8-3-2-4-9-18/h2-9,12,23H,10-11,13-15H2,1H3. The summed E-state index contributed by atoms with van der Waals surface area (Å²) in [4.78, 5) is 2.37. The normalized spacial score (nSPS) is 14.4. The minimum atomic E-state index is -0.173. The lowest BCUT2D eigenvalue weighted by Gasteiger charge is -2.28. The molecule has 0 atom stereocenters. The van der Waals surface area contributed by atoms with Crippen molar-refractivity contribution in [1.82, 2.24) is 20.0 Å². The lowest BCUT2D eigenvalue weighted by Crippen LogP contribution is -2.31. The molecule has 2 aromatic carbocycles. The van der Waals surface area contributed by atoms with Crippen LogP contribution in [0.15, 0.2) is 54.6 Å². The second-order valence-corrected chi connectivity index (χ2v) is 6.74. The van der Waals surface area contributed by atoms with Crippen LogP contribution >= 0.6 is 0 Å². The second-order valence-electron chi connectivity index (χ2n) is 6.74. The maximum Gasteiger partial charge on any atom is 0.123 e. The zero-order chi connectivity index (χ0) is 17.9. The van der Waals surface area contributed by atoms with Gasteiger partial charge in [-0.05, 0) is 36.9 Å². The van der Waals surface area contributed by atoms with Crippen LogP contribution in [0.2, 0.25) is 0 Å². The van der Waals surface area contributed by atoms with E-state index in [4.69, 9.17) is 5.10 Å². The minimum absolute atomic E-state index is 0.173. The van der Waals surface area contributed by atoms with Crippen molar-refractivity contribution in [2.45, 2.75) is 26.1 Å². The lowest BCUT2D eigenvalue weighted by atomic mass is 10.0. The first-order valence-electron chi connectivity index (χ1n) is 9.01. The number of hydrogen-bond acceptors (Lipinski definition) is 3.